The largest absolute Gasteiger partial charge is 0.497 e. The molecule has 0 radical (unpaired) electrons. The lowest BCUT2D eigenvalue weighted by atomic mass is 9.78. The Morgan fingerprint density at radius 1 is 0.902 bits per heavy atom. The van der Waals surface area contributed by atoms with Crippen LogP contribution in [0.1, 0.15) is 37.5 Å². The van der Waals surface area contributed by atoms with Crippen molar-refractivity contribution in [3.8, 4) is 5.75 Å². The quantitative estimate of drug-likeness (QED) is 0.289. The molecule has 214 valence electrons. The summed E-state index contributed by atoms with van der Waals surface area (Å²) >= 11 is 0. The summed E-state index contributed by atoms with van der Waals surface area (Å²) in [6.45, 7) is 5.45. The molecule has 2 aliphatic rings. The number of methoxy groups -OCH3 is 1. The molecule has 1 aliphatic heterocycles. The van der Waals surface area contributed by atoms with Crippen LogP contribution in [-0.2, 0) is 28.7 Å². The van der Waals surface area contributed by atoms with Crippen LogP contribution in [0.15, 0.2) is 78.9 Å². The van der Waals surface area contributed by atoms with E-state index in [2.05, 4.69) is 5.32 Å². The van der Waals surface area contributed by atoms with Gasteiger partial charge < -0.3 is 19.5 Å². The van der Waals surface area contributed by atoms with Crippen molar-refractivity contribution in [2.24, 2.45) is 10.8 Å². The van der Waals surface area contributed by atoms with E-state index in [1.165, 1.54) is 5.06 Å². The third-order valence-corrected chi connectivity index (χ3v) is 7.88. The van der Waals surface area contributed by atoms with E-state index in [1.54, 1.807) is 45.2 Å². The molecule has 1 aliphatic carbocycles. The highest BCUT2D eigenvalue weighted by Gasteiger charge is 2.88. The average molecular weight is 559 g/mol. The second-order valence-corrected chi connectivity index (χ2v) is 10.2. The van der Waals surface area contributed by atoms with Crippen molar-refractivity contribution in [1.82, 2.24) is 0 Å². The normalized spacial score (nSPS) is 22.2. The van der Waals surface area contributed by atoms with Gasteiger partial charge in [-0.3, -0.25) is 19.2 Å². The first-order valence-corrected chi connectivity index (χ1v) is 13.7. The zero-order valence-electron chi connectivity index (χ0n) is 23.6. The molecule has 1 saturated carbocycles. The second-order valence-electron chi connectivity index (χ2n) is 10.2. The number of anilines is 2. The molecule has 2 fully saturated rings. The highest BCUT2D eigenvalue weighted by atomic mass is 16.7. The van der Waals surface area contributed by atoms with Crippen LogP contribution < -0.4 is 15.1 Å². The maximum Gasteiger partial charge on any atom is 0.324 e. The Bertz CT molecular complexity index is 1390. The molecule has 41 heavy (non-hydrogen) atoms. The van der Waals surface area contributed by atoms with Crippen LogP contribution in [0.25, 0.3) is 0 Å². The van der Waals surface area contributed by atoms with Gasteiger partial charge in [0.2, 0.25) is 5.91 Å². The number of rotatable bonds is 9. The van der Waals surface area contributed by atoms with E-state index in [-0.39, 0.29) is 19.6 Å². The summed E-state index contributed by atoms with van der Waals surface area (Å²) in [6.07, 6.45) is -0.814. The van der Waals surface area contributed by atoms with Gasteiger partial charge in [-0.05, 0) is 69.2 Å². The number of aryl methyl sites for hydroxylation is 1. The molecule has 0 bridgehead atoms. The fourth-order valence-electron chi connectivity index (χ4n) is 5.89. The van der Waals surface area contributed by atoms with Crippen molar-refractivity contribution < 1.29 is 33.4 Å². The summed E-state index contributed by atoms with van der Waals surface area (Å²) in [7, 11) is 1.56. The van der Waals surface area contributed by atoms with Crippen molar-refractivity contribution in [2.45, 2.75) is 39.3 Å². The molecule has 1 saturated heterocycles. The Balaban J connectivity index is 1.68. The number of carbonyl (C=O) groups is 3. The van der Waals surface area contributed by atoms with E-state index in [0.717, 1.165) is 11.1 Å². The van der Waals surface area contributed by atoms with Crippen LogP contribution in [0.5, 0.6) is 5.75 Å². The molecule has 1 spiro atoms. The Morgan fingerprint density at radius 2 is 1.51 bits per heavy atom. The van der Waals surface area contributed by atoms with E-state index in [4.69, 9.17) is 19.0 Å². The zero-order valence-corrected chi connectivity index (χ0v) is 23.6. The summed E-state index contributed by atoms with van der Waals surface area (Å²) in [6, 6.07) is 22.7. The summed E-state index contributed by atoms with van der Waals surface area (Å²) in [4.78, 5) is 48.4. The molecule has 3 atom stereocenters. The number of hydroxylamine groups is 1. The molecule has 5 rings (SSSR count). The lowest BCUT2D eigenvalue weighted by Crippen LogP contribution is -2.49. The smallest absolute Gasteiger partial charge is 0.324 e. The Hall–Kier alpha value is -4.37. The maximum absolute atomic E-state index is 14.3. The predicted octanol–water partition coefficient (Wildman–Crippen LogP) is 5.01. The number of hydrogen-bond acceptors (Lipinski definition) is 8. The zero-order chi connectivity index (χ0) is 29.2. The first-order chi connectivity index (χ1) is 19.8. The van der Waals surface area contributed by atoms with Gasteiger partial charge >= 0.3 is 11.9 Å². The molecule has 0 unspecified atom stereocenters. The van der Waals surface area contributed by atoms with E-state index in [1.807, 2.05) is 61.5 Å². The van der Waals surface area contributed by atoms with Crippen LogP contribution in [0, 0.1) is 17.8 Å². The summed E-state index contributed by atoms with van der Waals surface area (Å²) in [5, 5.41) is 4.50. The van der Waals surface area contributed by atoms with Gasteiger partial charge in [0.05, 0.1) is 31.4 Å². The average Bonchev–Trinajstić information content (AvgIpc) is 3.56. The monoisotopic (exact) mass is 558 g/mol. The lowest BCUT2D eigenvalue weighted by molar-refractivity contribution is -0.167. The van der Waals surface area contributed by atoms with Crippen LogP contribution in [0.2, 0.25) is 0 Å². The SMILES string of the molecule is CCOC(=O)C1(C(=O)OCC)C[C@@]12[C@H](c1ccccc1)ON(c1ccc(C)cc1)[C@@H]2C(=O)Nc1ccc(OC)cc1. The minimum atomic E-state index is -1.75. The third kappa shape index (κ3) is 4.70. The molecule has 0 aromatic heterocycles. The molecule has 1 N–H and O–H groups in total. The Kier molecular flexibility index (Phi) is 7.73. The lowest BCUT2D eigenvalue weighted by Gasteiger charge is -2.29. The predicted molar refractivity (Wildman–Crippen MR) is 152 cm³/mol. The van der Waals surface area contributed by atoms with E-state index >= 15 is 0 Å². The third-order valence-electron chi connectivity index (χ3n) is 7.88. The van der Waals surface area contributed by atoms with Gasteiger partial charge in [0.15, 0.2) is 5.41 Å². The van der Waals surface area contributed by atoms with Crippen molar-refractivity contribution >= 4 is 29.2 Å². The van der Waals surface area contributed by atoms with Gasteiger partial charge in [-0.15, -0.1) is 0 Å². The molecule has 9 nitrogen and oxygen atoms in total. The van der Waals surface area contributed by atoms with E-state index in [9.17, 15) is 14.4 Å². The van der Waals surface area contributed by atoms with Gasteiger partial charge in [0, 0.05) is 5.69 Å². The molecule has 1 heterocycles. The molecule has 3 aromatic carbocycles. The van der Waals surface area contributed by atoms with E-state index in [0.29, 0.717) is 17.1 Å². The Morgan fingerprint density at radius 3 is 2.07 bits per heavy atom. The minimum Gasteiger partial charge on any atom is -0.497 e. The van der Waals surface area contributed by atoms with Crippen LogP contribution >= 0.6 is 0 Å². The van der Waals surface area contributed by atoms with Crippen molar-refractivity contribution in [1.29, 1.82) is 0 Å². The number of ether oxygens (including phenoxy) is 3. The number of amides is 1. The number of carbonyl (C=O) groups excluding carboxylic acids is 3. The molecular weight excluding hydrogens is 524 g/mol. The van der Waals surface area contributed by atoms with Crippen LogP contribution in [0.3, 0.4) is 0 Å². The van der Waals surface area contributed by atoms with Gasteiger partial charge in [0.1, 0.15) is 17.9 Å². The molecule has 1 amide bonds. The van der Waals surface area contributed by atoms with Gasteiger partial charge in [-0.25, -0.2) is 5.06 Å². The standard InChI is InChI=1S/C32H34N2O7/c1-5-39-29(36)32(30(37)40-6-2)20-31(32)26(28(35)33-23-14-18-25(38-4)19-15-23)34(24-16-12-21(3)13-17-24)41-27(31)22-10-8-7-9-11-22/h7-19,26-27H,5-6,20H2,1-4H3,(H,33,35)/t26-,27+,31-/m1/s1. The summed E-state index contributed by atoms with van der Waals surface area (Å²) in [5.41, 5.74) is -0.191. The number of nitrogens with one attached hydrogen (secondary N) is 1. The van der Waals surface area contributed by atoms with Gasteiger partial charge in [0.25, 0.3) is 0 Å². The highest BCUT2D eigenvalue weighted by molar-refractivity contribution is 6.09. The molecule has 3 aromatic rings. The topological polar surface area (TPSA) is 103 Å². The summed E-state index contributed by atoms with van der Waals surface area (Å²) in [5.74, 6) is -1.25. The van der Waals surface area contributed by atoms with Crippen molar-refractivity contribution in [2.75, 3.05) is 30.7 Å². The van der Waals surface area contributed by atoms with Crippen LogP contribution in [0.4, 0.5) is 11.4 Å². The molecular formula is C32H34N2O7. The fraction of sp³-hybridized carbons (Fsp3) is 0.344. The van der Waals surface area contributed by atoms with E-state index < -0.39 is 40.8 Å². The molecule has 9 heteroatoms. The fourth-order valence-corrected chi connectivity index (χ4v) is 5.89. The number of hydrogen-bond donors (Lipinski definition) is 1. The number of nitrogens with zero attached hydrogens (tertiary/aromatic N) is 1. The Labute approximate surface area is 239 Å². The maximum atomic E-state index is 14.3. The van der Waals surface area contributed by atoms with Crippen molar-refractivity contribution in [3.63, 3.8) is 0 Å². The van der Waals surface area contributed by atoms with Gasteiger partial charge in [-0.1, -0.05) is 48.0 Å². The van der Waals surface area contributed by atoms with Crippen LogP contribution in [-0.4, -0.2) is 44.2 Å². The summed E-state index contributed by atoms with van der Waals surface area (Å²) < 4.78 is 16.2. The first-order valence-electron chi connectivity index (χ1n) is 13.7. The number of esters is 2. The highest BCUT2D eigenvalue weighted by Crippen LogP contribution is 2.77. The number of benzene rings is 3. The first kappa shape index (κ1) is 28.2. The van der Waals surface area contributed by atoms with Crippen molar-refractivity contribution in [3.05, 3.63) is 90.0 Å². The minimum absolute atomic E-state index is 0.0142. The van der Waals surface area contributed by atoms with Gasteiger partial charge in [-0.2, -0.15) is 0 Å². The second kappa shape index (κ2) is 11.2.